The number of piperidine rings is 1. The fourth-order valence-corrected chi connectivity index (χ4v) is 2.89. The lowest BCUT2D eigenvalue weighted by Gasteiger charge is -2.31. The number of carbonyl (C=O) groups excluding carboxylic acids is 1. The van der Waals surface area contributed by atoms with Crippen molar-refractivity contribution in [3.05, 3.63) is 18.0 Å². The summed E-state index contributed by atoms with van der Waals surface area (Å²) < 4.78 is 1.95. The molecule has 2 aliphatic heterocycles. The van der Waals surface area contributed by atoms with Crippen molar-refractivity contribution in [1.29, 1.82) is 0 Å². The second-order valence-electron chi connectivity index (χ2n) is 5.78. The Morgan fingerprint density at radius 3 is 2.85 bits per heavy atom. The lowest BCUT2D eigenvalue weighted by atomic mass is 10.1. The van der Waals surface area contributed by atoms with Gasteiger partial charge in [-0.3, -0.25) is 9.48 Å². The molecule has 3 heterocycles. The molecular formula is C14H23N5O. The zero-order valence-corrected chi connectivity index (χ0v) is 12.1. The van der Waals surface area contributed by atoms with Gasteiger partial charge in [0.15, 0.2) is 0 Å². The molecule has 2 saturated heterocycles. The first-order valence-corrected chi connectivity index (χ1v) is 7.48. The summed E-state index contributed by atoms with van der Waals surface area (Å²) in [5.74, 6) is 0.0700. The molecule has 0 aromatic carbocycles. The van der Waals surface area contributed by atoms with Crippen LogP contribution in [0.4, 0.5) is 0 Å². The van der Waals surface area contributed by atoms with Crippen molar-refractivity contribution in [3.63, 3.8) is 0 Å². The van der Waals surface area contributed by atoms with Gasteiger partial charge >= 0.3 is 0 Å². The molecule has 1 unspecified atom stereocenters. The van der Waals surface area contributed by atoms with Crippen LogP contribution >= 0.6 is 0 Å². The summed E-state index contributed by atoms with van der Waals surface area (Å²) >= 11 is 0. The van der Waals surface area contributed by atoms with E-state index in [1.807, 2.05) is 21.8 Å². The van der Waals surface area contributed by atoms with E-state index in [-0.39, 0.29) is 5.91 Å². The maximum Gasteiger partial charge on any atom is 0.274 e. The second-order valence-corrected chi connectivity index (χ2v) is 5.78. The van der Waals surface area contributed by atoms with Gasteiger partial charge in [-0.25, -0.2) is 0 Å². The third-order valence-electron chi connectivity index (χ3n) is 4.26. The smallest absolute Gasteiger partial charge is 0.274 e. The molecule has 2 fully saturated rings. The fourth-order valence-electron chi connectivity index (χ4n) is 2.89. The minimum absolute atomic E-state index is 0.0700. The highest BCUT2D eigenvalue weighted by Crippen LogP contribution is 2.16. The largest absolute Gasteiger partial charge is 0.335 e. The lowest BCUT2D eigenvalue weighted by Crippen LogP contribution is -2.47. The molecule has 1 amide bonds. The summed E-state index contributed by atoms with van der Waals surface area (Å²) in [6.07, 6.45) is 4.25. The van der Waals surface area contributed by atoms with Crippen LogP contribution in [-0.2, 0) is 0 Å². The van der Waals surface area contributed by atoms with Crippen LogP contribution in [0.15, 0.2) is 12.3 Å². The molecule has 0 bridgehead atoms. The number of nitrogens with one attached hydrogen (secondary N) is 1. The van der Waals surface area contributed by atoms with E-state index < -0.39 is 0 Å². The number of hydrogen-bond donors (Lipinski definition) is 1. The van der Waals surface area contributed by atoms with Crippen LogP contribution in [0.1, 0.15) is 29.4 Å². The summed E-state index contributed by atoms with van der Waals surface area (Å²) in [7, 11) is 2.09. The third-order valence-corrected chi connectivity index (χ3v) is 4.26. The highest BCUT2D eigenvalue weighted by molar-refractivity contribution is 5.92. The van der Waals surface area contributed by atoms with E-state index in [2.05, 4.69) is 22.4 Å². The van der Waals surface area contributed by atoms with Crippen LogP contribution in [0.2, 0.25) is 0 Å². The average Bonchev–Trinajstić information content (AvgIpc) is 2.98. The van der Waals surface area contributed by atoms with Gasteiger partial charge in [-0.05, 0) is 32.5 Å². The zero-order valence-electron chi connectivity index (χ0n) is 12.1. The van der Waals surface area contributed by atoms with Gasteiger partial charge in [-0.1, -0.05) is 0 Å². The normalized spacial score (nSPS) is 24.9. The molecule has 6 nitrogen and oxygen atoms in total. The van der Waals surface area contributed by atoms with Crippen molar-refractivity contribution in [1.82, 2.24) is 24.9 Å². The highest BCUT2D eigenvalue weighted by atomic mass is 16.2. The van der Waals surface area contributed by atoms with E-state index in [0.29, 0.717) is 11.7 Å². The summed E-state index contributed by atoms with van der Waals surface area (Å²) in [5, 5.41) is 7.88. The Morgan fingerprint density at radius 2 is 2.15 bits per heavy atom. The molecule has 0 radical (unpaired) electrons. The molecule has 1 aromatic rings. The van der Waals surface area contributed by atoms with Gasteiger partial charge in [0.25, 0.3) is 5.91 Å². The molecule has 1 N–H and O–H groups in total. The van der Waals surface area contributed by atoms with E-state index >= 15 is 0 Å². The Hall–Kier alpha value is -1.40. The van der Waals surface area contributed by atoms with Crippen LogP contribution in [-0.4, -0.2) is 71.8 Å². The summed E-state index contributed by atoms with van der Waals surface area (Å²) in [5.41, 5.74) is 0.583. The molecule has 1 atom stereocenters. The topological polar surface area (TPSA) is 53.4 Å². The van der Waals surface area contributed by atoms with E-state index in [0.717, 1.165) is 45.7 Å². The number of hydrogen-bond acceptors (Lipinski definition) is 4. The van der Waals surface area contributed by atoms with Crippen molar-refractivity contribution in [3.8, 4) is 0 Å². The maximum atomic E-state index is 12.4. The van der Waals surface area contributed by atoms with Crippen LogP contribution < -0.4 is 5.32 Å². The highest BCUT2D eigenvalue weighted by Gasteiger charge is 2.23. The molecule has 6 heteroatoms. The number of piperazine rings is 1. The maximum absolute atomic E-state index is 12.4. The summed E-state index contributed by atoms with van der Waals surface area (Å²) in [6.45, 7) is 5.52. The average molecular weight is 277 g/mol. The Labute approximate surface area is 119 Å². The van der Waals surface area contributed by atoms with Gasteiger partial charge in [0, 0.05) is 38.9 Å². The monoisotopic (exact) mass is 277 g/mol. The van der Waals surface area contributed by atoms with E-state index in [1.54, 1.807) is 0 Å². The fraction of sp³-hybridized carbons (Fsp3) is 0.714. The van der Waals surface area contributed by atoms with Gasteiger partial charge in [0.1, 0.15) is 5.69 Å². The predicted octanol–water partition coefficient (Wildman–Crippen LogP) is 0.195. The molecule has 3 rings (SSSR count). The number of nitrogens with zero attached hydrogens (tertiary/aromatic N) is 4. The molecule has 0 aliphatic carbocycles. The summed E-state index contributed by atoms with van der Waals surface area (Å²) in [6, 6.07) is 2.24. The number of likely N-dealkylation sites (N-methyl/N-ethyl adjacent to an activating group) is 1. The number of carbonyl (C=O) groups is 1. The van der Waals surface area contributed by atoms with Crippen LogP contribution in [0, 0.1) is 0 Å². The van der Waals surface area contributed by atoms with Gasteiger partial charge in [0.05, 0.1) is 6.04 Å². The first-order valence-electron chi connectivity index (χ1n) is 7.48. The van der Waals surface area contributed by atoms with Crippen LogP contribution in [0.25, 0.3) is 0 Å². The van der Waals surface area contributed by atoms with Gasteiger partial charge in [0.2, 0.25) is 0 Å². The van der Waals surface area contributed by atoms with Gasteiger partial charge in [-0.2, -0.15) is 5.10 Å². The van der Waals surface area contributed by atoms with E-state index in [4.69, 9.17) is 0 Å². The number of rotatable bonds is 2. The molecule has 20 heavy (non-hydrogen) atoms. The molecule has 0 saturated carbocycles. The molecule has 1 aromatic heterocycles. The zero-order chi connectivity index (χ0) is 13.9. The van der Waals surface area contributed by atoms with Crippen LogP contribution in [0.5, 0.6) is 0 Å². The molecule has 2 aliphatic rings. The Morgan fingerprint density at radius 1 is 1.35 bits per heavy atom. The minimum atomic E-state index is 0.0700. The number of amides is 1. The second kappa shape index (κ2) is 5.93. The van der Waals surface area contributed by atoms with Crippen molar-refractivity contribution in [2.24, 2.45) is 0 Å². The Bertz CT molecular complexity index is 458. The summed E-state index contributed by atoms with van der Waals surface area (Å²) in [4.78, 5) is 16.6. The van der Waals surface area contributed by atoms with Crippen molar-refractivity contribution < 1.29 is 4.79 Å². The third kappa shape index (κ3) is 2.86. The SMILES string of the molecule is CN1CCN(C(=O)c2ccn(C3CCCNC3)n2)CC1. The standard InChI is InChI=1S/C14H23N5O/c1-17-7-9-18(10-8-17)14(20)13-4-6-19(16-13)12-3-2-5-15-11-12/h4,6,12,15H,2-3,5,7-11H2,1H3. The Balaban J connectivity index is 1.65. The predicted molar refractivity (Wildman–Crippen MR) is 76.8 cm³/mol. The molecule has 110 valence electrons. The first-order chi connectivity index (χ1) is 9.74. The first kappa shape index (κ1) is 13.6. The van der Waals surface area contributed by atoms with Crippen molar-refractivity contribution in [2.75, 3.05) is 46.3 Å². The molecule has 0 spiro atoms. The minimum Gasteiger partial charge on any atom is -0.335 e. The Kier molecular flexibility index (Phi) is 4.03. The van der Waals surface area contributed by atoms with Crippen molar-refractivity contribution >= 4 is 5.91 Å². The molecular weight excluding hydrogens is 254 g/mol. The quantitative estimate of drug-likeness (QED) is 0.839. The van der Waals surface area contributed by atoms with Gasteiger partial charge in [-0.15, -0.1) is 0 Å². The van der Waals surface area contributed by atoms with E-state index in [1.165, 1.54) is 6.42 Å². The van der Waals surface area contributed by atoms with Gasteiger partial charge < -0.3 is 15.1 Å². The van der Waals surface area contributed by atoms with Crippen molar-refractivity contribution in [2.45, 2.75) is 18.9 Å². The van der Waals surface area contributed by atoms with E-state index in [9.17, 15) is 4.79 Å². The lowest BCUT2D eigenvalue weighted by molar-refractivity contribution is 0.0657. The number of aromatic nitrogens is 2. The van der Waals surface area contributed by atoms with Crippen LogP contribution in [0.3, 0.4) is 0 Å².